The second-order valence-corrected chi connectivity index (χ2v) is 7.66. The molecule has 3 heterocycles. The molecular formula is C20H19ClN2O3. The first-order valence-corrected chi connectivity index (χ1v) is 9.38. The summed E-state index contributed by atoms with van der Waals surface area (Å²) in [5.74, 6) is 0.592. The van der Waals surface area contributed by atoms with Gasteiger partial charge >= 0.3 is 0 Å². The van der Waals surface area contributed by atoms with E-state index in [1.165, 1.54) is 0 Å². The Bertz CT molecular complexity index is 855. The van der Waals surface area contributed by atoms with Crippen molar-refractivity contribution in [2.45, 2.75) is 49.7 Å². The van der Waals surface area contributed by atoms with Crippen molar-refractivity contribution in [3.8, 4) is 5.75 Å². The van der Waals surface area contributed by atoms with Gasteiger partial charge in [-0.1, -0.05) is 41.9 Å². The highest BCUT2D eigenvalue weighted by Gasteiger charge is 2.65. The maximum Gasteiger partial charge on any atom is 0.260 e. The number of rotatable bonds is 3. The van der Waals surface area contributed by atoms with Crippen molar-refractivity contribution in [1.29, 1.82) is 0 Å². The lowest BCUT2D eigenvalue weighted by molar-refractivity contribution is -0.155. The van der Waals surface area contributed by atoms with Crippen LogP contribution in [0.2, 0.25) is 5.02 Å². The quantitative estimate of drug-likeness (QED) is 0.823. The average Bonchev–Trinajstić information content (AvgIpc) is 3.12. The number of hydrogen-bond donors (Lipinski definition) is 0. The molecule has 134 valence electrons. The van der Waals surface area contributed by atoms with E-state index in [1.54, 1.807) is 18.5 Å². The van der Waals surface area contributed by atoms with Gasteiger partial charge in [-0.2, -0.15) is 0 Å². The molecule has 6 heteroatoms. The number of aromatic nitrogens is 1. The molecule has 0 N–H and O–H groups in total. The molecule has 5 nitrogen and oxygen atoms in total. The summed E-state index contributed by atoms with van der Waals surface area (Å²) in [6.07, 6.45) is 6.98. The van der Waals surface area contributed by atoms with Gasteiger partial charge in [0.1, 0.15) is 17.6 Å². The molecule has 1 spiro atoms. The van der Waals surface area contributed by atoms with Crippen LogP contribution in [-0.2, 0) is 15.3 Å². The van der Waals surface area contributed by atoms with Gasteiger partial charge in [-0.05, 0) is 25.7 Å². The van der Waals surface area contributed by atoms with Gasteiger partial charge in [-0.3, -0.25) is 14.7 Å². The average molecular weight is 371 g/mol. The minimum Gasteiger partial charge on any atom is -0.462 e. The molecule has 0 radical (unpaired) electrons. The molecule has 2 saturated heterocycles. The van der Waals surface area contributed by atoms with Gasteiger partial charge in [0.15, 0.2) is 0 Å². The molecule has 26 heavy (non-hydrogen) atoms. The van der Waals surface area contributed by atoms with Gasteiger partial charge < -0.3 is 9.47 Å². The molecule has 1 aromatic heterocycles. The lowest BCUT2D eigenvalue weighted by atomic mass is 9.79. The van der Waals surface area contributed by atoms with Gasteiger partial charge in [0.2, 0.25) is 5.72 Å². The van der Waals surface area contributed by atoms with Crippen molar-refractivity contribution in [1.82, 2.24) is 9.88 Å². The Balaban J connectivity index is 1.60. The third-order valence-electron chi connectivity index (χ3n) is 5.73. The van der Waals surface area contributed by atoms with Crippen molar-refractivity contribution < 1.29 is 14.3 Å². The Labute approximate surface area is 156 Å². The number of pyridine rings is 1. The van der Waals surface area contributed by atoms with E-state index in [4.69, 9.17) is 21.1 Å². The second-order valence-electron chi connectivity index (χ2n) is 7.23. The predicted molar refractivity (Wildman–Crippen MR) is 95.5 cm³/mol. The van der Waals surface area contributed by atoms with E-state index in [0.29, 0.717) is 17.2 Å². The van der Waals surface area contributed by atoms with E-state index in [-0.39, 0.29) is 12.1 Å². The number of hydrogen-bond acceptors (Lipinski definition) is 4. The summed E-state index contributed by atoms with van der Waals surface area (Å²) in [6, 6.07) is 11.6. The molecule has 0 bridgehead atoms. The van der Waals surface area contributed by atoms with Gasteiger partial charge in [-0.15, -0.1) is 0 Å². The van der Waals surface area contributed by atoms with Crippen molar-refractivity contribution in [2.24, 2.45) is 0 Å². The first kappa shape index (κ1) is 16.1. The normalized spacial score (nSPS) is 28.9. The highest BCUT2D eigenvalue weighted by atomic mass is 35.5. The fourth-order valence-corrected chi connectivity index (χ4v) is 4.52. The summed E-state index contributed by atoms with van der Waals surface area (Å²) >= 11 is 6.09. The molecule has 2 unspecified atom stereocenters. The molecule has 3 fully saturated rings. The summed E-state index contributed by atoms with van der Waals surface area (Å²) in [4.78, 5) is 19.3. The Morgan fingerprint density at radius 2 is 2.00 bits per heavy atom. The summed E-state index contributed by atoms with van der Waals surface area (Å²) in [5.41, 5.74) is -0.592. The number of amides is 1. The highest BCUT2D eigenvalue weighted by molar-refractivity contribution is 6.30. The molecule has 1 amide bonds. The number of benzene rings is 1. The fourth-order valence-electron chi connectivity index (χ4n) is 4.35. The summed E-state index contributed by atoms with van der Waals surface area (Å²) in [7, 11) is 0. The van der Waals surface area contributed by atoms with E-state index >= 15 is 0 Å². The Hall–Kier alpha value is -2.11. The number of carbonyl (C=O) groups excluding carboxylic acids is 1. The Morgan fingerprint density at radius 3 is 2.69 bits per heavy atom. The molecule has 1 aromatic carbocycles. The predicted octanol–water partition coefficient (Wildman–Crippen LogP) is 3.87. The van der Waals surface area contributed by atoms with Crippen LogP contribution in [0.1, 0.15) is 37.7 Å². The maximum atomic E-state index is 13.3. The Kier molecular flexibility index (Phi) is 3.52. The van der Waals surface area contributed by atoms with Crippen molar-refractivity contribution in [2.75, 3.05) is 0 Å². The SMILES string of the molecule is O=C1N2C(CCC2(Oc2cncc(Cl)c2)c2ccccc2)OC12CCC2. The van der Waals surface area contributed by atoms with Crippen LogP contribution in [0, 0.1) is 0 Å². The monoisotopic (exact) mass is 370 g/mol. The van der Waals surface area contributed by atoms with Crippen LogP contribution >= 0.6 is 11.6 Å². The zero-order chi connectivity index (χ0) is 17.8. The van der Waals surface area contributed by atoms with E-state index in [0.717, 1.165) is 31.2 Å². The van der Waals surface area contributed by atoms with E-state index < -0.39 is 11.3 Å². The van der Waals surface area contributed by atoms with Crippen molar-refractivity contribution in [3.05, 3.63) is 59.4 Å². The zero-order valence-electron chi connectivity index (χ0n) is 14.2. The standard InChI is InChI=1S/C20H19ClN2O3/c21-15-11-16(13-22-12-15)25-20(14-5-2-1-3-6-14)10-7-17-23(20)18(24)19(26-17)8-4-9-19/h1-3,5-6,11-13,17H,4,7-10H2. The van der Waals surface area contributed by atoms with Gasteiger partial charge in [-0.25, -0.2) is 0 Å². The van der Waals surface area contributed by atoms with Crippen LogP contribution in [-0.4, -0.2) is 27.6 Å². The molecule has 1 aliphatic carbocycles. The minimum absolute atomic E-state index is 0.0464. The lowest BCUT2D eigenvalue weighted by Crippen LogP contribution is -2.54. The lowest BCUT2D eigenvalue weighted by Gasteiger charge is -2.40. The van der Waals surface area contributed by atoms with Crippen LogP contribution in [0.5, 0.6) is 5.75 Å². The summed E-state index contributed by atoms with van der Waals surface area (Å²) in [6.45, 7) is 0. The fraction of sp³-hybridized carbons (Fsp3) is 0.400. The molecule has 3 aliphatic rings. The number of carbonyl (C=O) groups is 1. The third kappa shape index (κ3) is 2.20. The minimum atomic E-state index is -0.894. The number of fused-ring (bicyclic) bond motifs is 1. The van der Waals surface area contributed by atoms with Gasteiger partial charge in [0, 0.05) is 24.2 Å². The van der Waals surface area contributed by atoms with E-state index in [1.807, 2.05) is 35.2 Å². The molecule has 2 aromatic rings. The largest absolute Gasteiger partial charge is 0.462 e. The Morgan fingerprint density at radius 1 is 1.19 bits per heavy atom. The first-order valence-electron chi connectivity index (χ1n) is 9.00. The zero-order valence-corrected chi connectivity index (χ0v) is 15.0. The molecular weight excluding hydrogens is 352 g/mol. The van der Waals surface area contributed by atoms with Crippen molar-refractivity contribution >= 4 is 17.5 Å². The van der Waals surface area contributed by atoms with Crippen LogP contribution in [0.25, 0.3) is 0 Å². The van der Waals surface area contributed by atoms with E-state index in [9.17, 15) is 4.79 Å². The molecule has 2 aliphatic heterocycles. The van der Waals surface area contributed by atoms with Crippen molar-refractivity contribution in [3.63, 3.8) is 0 Å². The third-order valence-corrected chi connectivity index (χ3v) is 5.94. The summed E-state index contributed by atoms with van der Waals surface area (Å²) in [5, 5.41) is 0.500. The number of halogens is 1. The van der Waals surface area contributed by atoms with E-state index in [2.05, 4.69) is 4.98 Å². The first-order chi connectivity index (χ1) is 12.6. The smallest absolute Gasteiger partial charge is 0.260 e. The topological polar surface area (TPSA) is 51.7 Å². The molecule has 5 rings (SSSR count). The maximum absolute atomic E-state index is 13.3. The van der Waals surface area contributed by atoms with Crippen LogP contribution < -0.4 is 4.74 Å². The molecule has 2 atom stereocenters. The van der Waals surface area contributed by atoms with Gasteiger partial charge in [0.25, 0.3) is 5.91 Å². The molecule has 1 saturated carbocycles. The van der Waals surface area contributed by atoms with Gasteiger partial charge in [0.05, 0.1) is 11.2 Å². The summed E-state index contributed by atoms with van der Waals surface area (Å²) < 4.78 is 12.7. The number of ether oxygens (including phenoxy) is 2. The number of nitrogens with zero attached hydrogens (tertiary/aromatic N) is 2. The van der Waals surface area contributed by atoms with Crippen LogP contribution in [0.15, 0.2) is 48.8 Å². The van der Waals surface area contributed by atoms with Crippen LogP contribution in [0.3, 0.4) is 0 Å². The second kappa shape index (κ2) is 5.69. The highest BCUT2D eigenvalue weighted by Crippen LogP contribution is 2.54. The van der Waals surface area contributed by atoms with Crippen LogP contribution in [0.4, 0.5) is 0 Å².